The molecule has 140 valence electrons. The number of halogens is 1. The largest absolute Gasteiger partial charge is 0.492 e. The van der Waals surface area contributed by atoms with Gasteiger partial charge in [0, 0.05) is 9.69 Å². The van der Waals surface area contributed by atoms with E-state index in [1.165, 1.54) is 0 Å². The van der Waals surface area contributed by atoms with Gasteiger partial charge in [0.05, 0.1) is 17.4 Å². The second-order valence-electron chi connectivity index (χ2n) is 6.01. The second-order valence-corrected chi connectivity index (χ2v) is 8.57. The van der Waals surface area contributed by atoms with Gasteiger partial charge in [-0.05, 0) is 36.0 Å². The van der Waals surface area contributed by atoms with Gasteiger partial charge in [-0.25, -0.2) is 4.99 Å². The number of rotatable bonds is 4. The van der Waals surface area contributed by atoms with Crippen molar-refractivity contribution < 1.29 is 14.7 Å². The van der Waals surface area contributed by atoms with E-state index in [1.807, 2.05) is 30.3 Å². The Morgan fingerprint density at radius 1 is 1.25 bits per heavy atom. The number of fused-ring (bicyclic) bond motifs is 1. The minimum atomic E-state index is -0.456. The molecule has 1 aromatic heterocycles. The van der Waals surface area contributed by atoms with Crippen molar-refractivity contribution in [2.24, 2.45) is 4.99 Å². The molecule has 0 unspecified atom stereocenters. The van der Waals surface area contributed by atoms with Crippen LogP contribution in [0.3, 0.4) is 0 Å². The van der Waals surface area contributed by atoms with Crippen molar-refractivity contribution in [3.8, 4) is 5.88 Å². The molecule has 0 fully saturated rings. The number of thiazole rings is 1. The molecule has 3 aromatic rings. The zero-order valence-electron chi connectivity index (χ0n) is 14.2. The smallest absolute Gasteiger partial charge is 0.279 e. The summed E-state index contributed by atoms with van der Waals surface area (Å²) in [5, 5.41) is 11.8. The molecule has 4 rings (SSSR count). The summed E-state index contributed by atoms with van der Waals surface area (Å²) >= 11 is 9.70. The maximum atomic E-state index is 12.4. The molecule has 2 amide bonds. The van der Waals surface area contributed by atoms with E-state index < -0.39 is 5.91 Å². The molecule has 0 aliphatic carbocycles. The van der Waals surface area contributed by atoms with E-state index in [2.05, 4.69) is 26.3 Å². The van der Waals surface area contributed by atoms with Crippen LogP contribution in [0.25, 0.3) is 5.57 Å². The normalized spacial score (nSPS) is 12.6. The fourth-order valence-corrected chi connectivity index (χ4v) is 4.50. The predicted molar refractivity (Wildman–Crippen MR) is 112 cm³/mol. The number of benzene rings is 2. The average Bonchev–Trinajstić information content (AvgIpc) is 3.12. The van der Waals surface area contributed by atoms with Crippen LogP contribution >= 0.6 is 39.5 Å². The van der Waals surface area contributed by atoms with E-state index in [0.29, 0.717) is 10.6 Å². The summed E-state index contributed by atoms with van der Waals surface area (Å²) in [6, 6.07) is 14.5. The van der Waals surface area contributed by atoms with Gasteiger partial charge in [0.2, 0.25) is 11.8 Å². The molecule has 6 nitrogen and oxygen atoms in total. The van der Waals surface area contributed by atoms with Crippen molar-refractivity contribution in [2.45, 2.75) is 6.42 Å². The van der Waals surface area contributed by atoms with Crippen LogP contribution in [0.15, 0.2) is 58.0 Å². The van der Waals surface area contributed by atoms with Crippen molar-refractivity contribution in [1.29, 1.82) is 0 Å². The first-order valence-corrected chi connectivity index (χ1v) is 10.2. The standard InChI is InChI=1S/C19H12BrN3O3S2/c20-11-6-7-13-12(9-11)15(17(25)21-13)16-18(26)23(19(27)28-16)22-14(24)8-10-4-2-1-3-5-10/h1-7,9,26H,8H2,(H,22,24). The molecule has 2 heterocycles. The number of hydrogen-bond acceptors (Lipinski definition) is 5. The van der Waals surface area contributed by atoms with Gasteiger partial charge < -0.3 is 5.11 Å². The molecular formula is C19H12BrN3O3S2. The number of aromatic nitrogens is 1. The molecule has 1 aliphatic rings. The molecular weight excluding hydrogens is 462 g/mol. The molecule has 0 atom stereocenters. The van der Waals surface area contributed by atoms with Crippen LogP contribution in [0, 0.1) is 3.95 Å². The average molecular weight is 474 g/mol. The fraction of sp³-hybridized carbons (Fsp3) is 0.0526. The highest BCUT2D eigenvalue weighted by Gasteiger charge is 2.26. The summed E-state index contributed by atoms with van der Waals surface area (Å²) in [6.07, 6.45) is 0.133. The van der Waals surface area contributed by atoms with Gasteiger partial charge in [0.1, 0.15) is 4.88 Å². The Labute approximate surface area is 176 Å². The van der Waals surface area contributed by atoms with Gasteiger partial charge >= 0.3 is 0 Å². The first-order chi connectivity index (χ1) is 13.4. The number of aromatic hydroxyl groups is 1. The lowest BCUT2D eigenvalue weighted by molar-refractivity contribution is -0.116. The van der Waals surface area contributed by atoms with E-state index in [9.17, 15) is 14.7 Å². The first kappa shape index (κ1) is 18.7. The number of carbonyl (C=O) groups excluding carboxylic acids is 2. The Balaban J connectivity index is 1.72. The van der Waals surface area contributed by atoms with Gasteiger partial charge in [-0.15, -0.1) is 0 Å². The minimum Gasteiger partial charge on any atom is -0.492 e. The molecule has 0 spiro atoms. The predicted octanol–water partition coefficient (Wildman–Crippen LogP) is 2.42. The van der Waals surface area contributed by atoms with Crippen LogP contribution in [-0.4, -0.2) is 21.6 Å². The van der Waals surface area contributed by atoms with Crippen molar-refractivity contribution in [1.82, 2.24) is 4.68 Å². The van der Waals surface area contributed by atoms with Crippen LogP contribution in [0.4, 0.5) is 0 Å². The minimum absolute atomic E-state index is 0.133. The highest BCUT2D eigenvalue weighted by atomic mass is 79.9. The van der Waals surface area contributed by atoms with E-state index in [0.717, 1.165) is 26.0 Å². The lowest BCUT2D eigenvalue weighted by Gasteiger charge is -2.08. The summed E-state index contributed by atoms with van der Waals surface area (Å²) < 4.78 is 2.13. The van der Waals surface area contributed by atoms with Crippen LogP contribution in [0.1, 0.15) is 10.4 Å². The van der Waals surface area contributed by atoms with Gasteiger partial charge in [-0.3, -0.25) is 15.0 Å². The Bertz CT molecular complexity index is 1300. The quantitative estimate of drug-likeness (QED) is 0.569. The SMILES string of the molecule is O=C(Cc1ccccc1)Nn1c(O)c(C2=c3cc(Br)ccc3=NC2=O)sc1=S. The topological polar surface area (TPSA) is 83.7 Å². The van der Waals surface area contributed by atoms with Crippen LogP contribution in [-0.2, 0) is 16.0 Å². The van der Waals surface area contributed by atoms with E-state index in [-0.39, 0.29) is 32.6 Å². The summed E-state index contributed by atoms with van der Waals surface area (Å²) in [6.45, 7) is 0. The highest BCUT2D eigenvalue weighted by Crippen LogP contribution is 2.31. The van der Waals surface area contributed by atoms with Crippen LogP contribution in [0.5, 0.6) is 5.88 Å². The van der Waals surface area contributed by atoms with E-state index in [1.54, 1.807) is 18.2 Å². The maximum Gasteiger partial charge on any atom is 0.279 e. The first-order valence-electron chi connectivity index (χ1n) is 8.16. The molecule has 0 saturated carbocycles. The van der Waals surface area contributed by atoms with Crippen molar-refractivity contribution in [3.63, 3.8) is 0 Å². The lowest BCUT2D eigenvalue weighted by Crippen LogP contribution is -2.24. The maximum absolute atomic E-state index is 12.4. The van der Waals surface area contributed by atoms with Crippen molar-refractivity contribution in [3.05, 3.63) is 78.0 Å². The number of carbonyl (C=O) groups is 2. The Kier molecular flexibility index (Phi) is 4.96. The lowest BCUT2D eigenvalue weighted by atomic mass is 10.1. The Morgan fingerprint density at radius 2 is 2.00 bits per heavy atom. The molecule has 2 aromatic carbocycles. The zero-order valence-corrected chi connectivity index (χ0v) is 17.4. The molecule has 0 radical (unpaired) electrons. The second kappa shape index (κ2) is 7.42. The van der Waals surface area contributed by atoms with Gasteiger partial charge in [-0.2, -0.15) is 4.68 Å². The molecule has 9 heteroatoms. The van der Waals surface area contributed by atoms with Gasteiger partial charge in [0.15, 0.2) is 3.95 Å². The van der Waals surface area contributed by atoms with Crippen molar-refractivity contribution >= 4 is 56.9 Å². The molecule has 2 N–H and O–H groups in total. The Morgan fingerprint density at radius 3 is 2.75 bits per heavy atom. The monoisotopic (exact) mass is 473 g/mol. The summed E-state index contributed by atoms with van der Waals surface area (Å²) in [5.74, 6) is -1.08. The van der Waals surface area contributed by atoms with Gasteiger partial charge in [-0.1, -0.05) is 57.6 Å². The van der Waals surface area contributed by atoms with Crippen LogP contribution in [0.2, 0.25) is 0 Å². The number of nitrogens with one attached hydrogen (secondary N) is 1. The van der Waals surface area contributed by atoms with E-state index >= 15 is 0 Å². The zero-order chi connectivity index (χ0) is 19.8. The third kappa shape index (κ3) is 3.44. The summed E-state index contributed by atoms with van der Waals surface area (Å²) in [4.78, 5) is 29.1. The third-order valence-electron chi connectivity index (χ3n) is 4.12. The van der Waals surface area contributed by atoms with Gasteiger partial charge in [0.25, 0.3) is 5.91 Å². The number of amides is 2. The molecule has 28 heavy (non-hydrogen) atoms. The molecule has 0 bridgehead atoms. The summed E-state index contributed by atoms with van der Waals surface area (Å²) in [7, 11) is 0. The number of hydrogen-bond donors (Lipinski definition) is 2. The third-order valence-corrected chi connectivity index (χ3v) is 6.00. The molecule has 0 saturated heterocycles. The fourth-order valence-electron chi connectivity index (χ4n) is 2.88. The highest BCUT2D eigenvalue weighted by molar-refractivity contribution is 9.10. The Hall–Kier alpha value is -2.62. The van der Waals surface area contributed by atoms with Crippen LogP contribution < -0.4 is 16.0 Å². The van der Waals surface area contributed by atoms with Crippen molar-refractivity contribution in [2.75, 3.05) is 5.43 Å². The number of nitrogens with zero attached hydrogens (tertiary/aromatic N) is 2. The van der Waals surface area contributed by atoms with E-state index in [4.69, 9.17) is 12.2 Å². The summed E-state index contributed by atoms with van der Waals surface area (Å²) in [5.41, 5.74) is 3.69. The molecule has 1 aliphatic heterocycles.